The summed E-state index contributed by atoms with van der Waals surface area (Å²) in [4.78, 5) is 30.1. The van der Waals surface area contributed by atoms with Gasteiger partial charge in [0.05, 0.1) is 23.2 Å². The molecule has 0 fully saturated rings. The molecule has 0 radical (unpaired) electrons. The number of Topliss-reactive ketones (excluding diaryl/α,β-unsaturated/α-hetero) is 1. The zero-order valence-corrected chi connectivity index (χ0v) is 19.1. The minimum absolute atomic E-state index is 0.000187. The third-order valence-corrected chi connectivity index (χ3v) is 6.12. The van der Waals surface area contributed by atoms with Gasteiger partial charge in [-0.2, -0.15) is 0 Å². The molecule has 6 heteroatoms. The summed E-state index contributed by atoms with van der Waals surface area (Å²) in [5, 5.41) is 1.17. The smallest absolute Gasteiger partial charge is 0.266 e. The Kier molecular flexibility index (Phi) is 6.42. The van der Waals surface area contributed by atoms with E-state index in [0.717, 1.165) is 22.6 Å². The van der Waals surface area contributed by atoms with Crippen LogP contribution in [-0.2, 0) is 5.75 Å². The molecule has 1 aromatic heterocycles. The molecule has 0 spiro atoms. The highest BCUT2D eigenvalue weighted by atomic mass is 32.2. The first-order valence-corrected chi connectivity index (χ1v) is 11.4. The van der Waals surface area contributed by atoms with Crippen molar-refractivity contribution in [3.63, 3.8) is 0 Å². The lowest BCUT2D eigenvalue weighted by atomic mass is 10.1. The molecule has 0 saturated heterocycles. The second-order valence-electron chi connectivity index (χ2n) is 7.49. The van der Waals surface area contributed by atoms with Crippen LogP contribution in [0.25, 0.3) is 16.6 Å². The fraction of sp³-hybridized carbons (Fsp3) is 0.192. The molecule has 5 nitrogen and oxygen atoms in total. The Labute approximate surface area is 191 Å². The average Bonchev–Trinajstić information content (AvgIpc) is 2.78. The summed E-state index contributed by atoms with van der Waals surface area (Å²) < 4.78 is 7.43. The first-order chi connectivity index (χ1) is 15.5. The summed E-state index contributed by atoms with van der Waals surface area (Å²) in [7, 11) is 0. The molecule has 1 heterocycles. The zero-order chi connectivity index (χ0) is 22.7. The zero-order valence-electron chi connectivity index (χ0n) is 18.3. The summed E-state index contributed by atoms with van der Waals surface area (Å²) in [6.45, 7) is 6.00. The van der Waals surface area contributed by atoms with Crippen molar-refractivity contribution in [1.29, 1.82) is 0 Å². The van der Waals surface area contributed by atoms with Crippen LogP contribution in [0.2, 0.25) is 0 Å². The minimum Gasteiger partial charge on any atom is -0.494 e. The van der Waals surface area contributed by atoms with Crippen LogP contribution in [0.4, 0.5) is 0 Å². The van der Waals surface area contributed by atoms with Crippen LogP contribution >= 0.6 is 11.8 Å². The van der Waals surface area contributed by atoms with Gasteiger partial charge in [-0.05, 0) is 68.8 Å². The van der Waals surface area contributed by atoms with Gasteiger partial charge in [-0.3, -0.25) is 14.2 Å². The van der Waals surface area contributed by atoms with Crippen LogP contribution in [0, 0.1) is 6.92 Å². The number of hydrogen-bond acceptors (Lipinski definition) is 5. The third-order valence-electron chi connectivity index (χ3n) is 5.13. The van der Waals surface area contributed by atoms with E-state index in [-0.39, 0.29) is 11.3 Å². The van der Waals surface area contributed by atoms with Crippen molar-refractivity contribution < 1.29 is 9.53 Å². The van der Waals surface area contributed by atoms with E-state index in [1.54, 1.807) is 23.6 Å². The Morgan fingerprint density at radius 3 is 2.62 bits per heavy atom. The molecule has 0 saturated carbocycles. The van der Waals surface area contributed by atoms with Crippen molar-refractivity contribution in [3.8, 4) is 11.4 Å². The lowest BCUT2D eigenvalue weighted by molar-refractivity contribution is 0.101. The van der Waals surface area contributed by atoms with Crippen molar-refractivity contribution in [2.75, 3.05) is 6.61 Å². The summed E-state index contributed by atoms with van der Waals surface area (Å²) >= 11 is 1.45. The summed E-state index contributed by atoms with van der Waals surface area (Å²) in [5.41, 5.74) is 3.91. The van der Waals surface area contributed by atoms with Crippen LogP contribution in [0.1, 0.15) is 35.3 Å². The number of aryl methyl sites for hydroxylation is 1. The minimum atomic E-state index is -0.105. The number of fused-ring (bicyclic) bond motifs is 1. The van der Waals surface area contributed by atoms with E-state index in [9.17, 15) is 9.59 Å². The standard InChI is InChI=1S/C26H24N2O3S/c1-4-31-24-13-12-19(18(3)29)15-20(24)16-32-26-27-23-11-6-5-10-22(23)25(30)28(26)21-9-7-8-17(2)14-21/h5-15H,4,16H2,1-3H3. The Bertz CT molecular complexity index is 1360. The Morgan fingerprint density at radius 2 is 1.88 bits per heavy atom. The van der Waals surface area contributed by atoms with Crippen molar-refractivity contribution in [1.82, 2.24) is 9.55 Å². The molecule has 4 rings (SSSR count). The molecule has 4 aromatic rings. The largest absolute Gasteiger partial charge is 0.494 e. The number of para-hydroxylation sites is 1. The highest BCUT2D eigenvalue weighted by Crippen LogP contribution is 2.30. The number of nitrogens with zero attached hydrogens (tertiary/aromatic N) is 2. The number of thioether (sulfide) groups is 1. The molecular formula is C26H24N2O3S. The summed E-state index contributed by atoms with van der Waals surface area (Å²) in [6.07, 6.45) is 0. The fourth-order valence-electron chi connectivity index (χ4n) is 3.55. The SMILES string of the molecule is CCOc1ccc(C(C)=O)cc1CSc1nc2ccccc2c(=O)n1-c1cccc(C)c1. The first-order valence-electron chi connectivity index (χ1n) is 10.5. The maximum atomic E-state index is 13.4. The van der Waals surface area contributed by atoms with Gasteiger partial charge in [0.2, 0.25) is 0 Å². The van der Waals surface area contributed by atoms with E-state index in [1.165, 1.54) is 11.8 Å². The van der Waals surface area contributed by atoms with E-state index in [4.69, 9.17) is 9.72 Å². The van der Waals surface area contributed by atoms with Gasteiger partial charge in [0.25, 0.3) is 5.56 Å². The van der Waals surface area contributed by atoms with Crippen LogP contribution in [0.5, 0.6) is 5.75 Å². The summed E-state index contributed by atoms with van der Waals surface area (Å²) in [5.74, 6) is 1.24. The highest BCUT2D eigenvalue weighted by Gasteiger charge is 2.15. The topological polar surface area (TPSA) is 61.2 Å². The average molecular weight is 445 g/mol. The lowest BCUT2D eigenvalue weighted by Gasteiger charge is -2.15. The van der Waals surface area contributed by atoms with E-state index < -0.39 is 0 Å². The third kappa shape index (κ3) is 4.46. The molecule has 0 aliphatic heterocycles. The van der Waals surface area contributed by atoms with Crippen LogP contribution < -0.4 is 10.3 Å². The van der Waals surface area contributed by atoms with E-state index >= 15 is 0 Å². The molecule has 3 aromatic carbocycles. The monoisotopic (exact) mass is 444 g/mol. The number of carbonyl (C=O) groups is 1. The lowest BCUT2D eigenvalue weighted by Crippen LogP contribution is -2.21. The predicted octanol–water partition coefficient (Wildman–Crippen LogP) is 5.59. The van der Waals surface area contributed by atoms with Gasteiger partial charge in [-0.15, -0.1) is 0 Å². The van der Waals surface area contributed by atoms with Gasteiger partial charge in [-0.25, -0.2) is 4.98 Å². The maximum Gasteiger partial charge on any atom is 0.266 e. The van der Waals surface area contributed by atoms with Crippen molar-refractivity contribution in [3.05, 3.63) is 93.8 Å². The number of ketones is 1. The van der Waals surface area contributed by atoms with Gasteiger partial charge in [0.1, 0.15) is 5.75 Å². The fourth-order valence-corrected chi connectivity index (χ4v) is 4.54. The molecule has 162 valence electrons. The molecular weight excluding hydrogens is 420 g/mol. The molecule has 0 aliphatic carbocycles. The van der Waals surface area contributed by atoms with Gasteiger partial charge in [0, 0.05) is 16.9 Å². The number of hydrogen-bond donors (Lipinski definition) is 0. The second kappa shape index (κ2) is 9.40. The van der Waals surface area contributed by atoms with Gasteiger partial charge in [0.15, 0.2) is 10.9 Å². The Balaban J connectivity index is 1.81. The Hall–Kier alpha value is -3.38. The molecule has 0 atom stereocenters. The highest BCUT2D eigenvalue weighted by molar-refractivity contribution is 7.98. The predicted molar refractivity (Wildman–Crippen MR) is 129 cm³/mol. The van der Waals surface area contributed by atoms with Gasteiger partial charge in [-0.1, -0.05) is 36.0 Å². The maximum absolute atomic E-state index is 13.4. The number of ether oxygens (including phenoxy) is 1. The molecule has 0 amide bonds. The quantitative estimate of drug-likeness (QED) is 0.211. The number of benzene rings is 3. The van der Waals surface area contributed by atoms with Crippen molar-refractivity contribution >= 4 is 28.4 Å². The Morgan fingerprint density at radius 1 is 1.06 bits per heavy atom. The molecule has 0 aliphatic rings. The van der Waals surface area contributed by atoms with Crippen LogP contribution in [-0.4, -0.2) is 21.9 Å². The van der Waals surface area contributed by atoms with E-state index in [0.29, 0.717) is 34.0 Å². The molecule has 0 bridgehead atoms. The number of rotatable bonds is 7. The van der Waals surface area contributed by atoms with Crippen LogP contribution in [0.15, 0.2) is 76.7 Å². The normalized spacial score (nSPS) is 11.0. The molecule has 32 heavy (non-hydrogen) atoms. The van der Waals surface area contributed by atoms with E-state index in [2.05, 4.69) is 0 Å². The van der Waals surface area contributed by atoms with Crippen LogP contribution in [0.3, 0.4) is 0 Å². The second-order valence-corrected chi connectivity index (χ2v) is 8.43. The molecule has 0 unspecified atom stereocenters. The van der Waals surface area contributed by atoms with Crippen molar-refractivity contribution in [2.45, 2.75) is 31.7 Å². The molecule has 0 N–H and O–H groups in total. The first kappa shape index (κ1) is 21.8. The van der Waals surface area contributed by atoms with Crippen molar-refractivity contribution in [2.24, 2.45) is 0 Å². The van der Waals surface area contributed by atoms with Gasteiger partial charge < -0.3 is 4.74 Å². The van der Waals surface area contributed by atoms with E-state index in [1.807, 2.05) is 68.4 Å². The number of carbonyl (C=O) groups excluding carboxylic acids is 1. The number of aromatic nitrogens is 2. The van der Waals surface area contributed by atoms with Gasteiger partial charge >= 0.3 is 0 Å². The summed E-state index contributed by atoms with van der Waals surface area (Å²) in [6, 6.07) is 20.7.